The van der Waals surface area contributed by atoms with Crippen LogP contribution in [0.25, 0.3) is 33.0 Å². The van der Waals surface area contributed by atoms with Crippen LogP contribution in [0.3, 0.4) is 0 Å². The van der Waals surface area contributed by atoms with Crippen molar-refractivity contribution < 1.29 is 4.79 Å². The Bertz CT molecular complexity index is 1690. The van der Waals surface area contributed by atoms with Crippen LogP contribution in [0, 0.1) is 6.92 Å². The summed E-state index contributed by atoms with van der Waals surface area (Å²) in [4.78, 5) is 14.6. The molecule has 0 saturated carbocycles. The first-order chi connectivity index (χ1) is 17.6. The molecule has 0 aliphatic heterocycles. The highest BCUT2D eigenvalue weighted by molar-refractivity contribution is 6.38. The lowest BCUT2D eigenvalue weighted by atomic mass is 9.73. The fourth-order valence-corrected chi connectivity index (χ4v) is 6.82. The fourth-order valence-electron chi connectivity index (χ4n) is 6.82. The predicted molar refractivity (Wildman–Crippen MR) is 149 cm³/mol. The molecule has 0 aromatic heterocycles. The van der Waals surface area contributed by atoms with Crippen molar-refractivity contribution in [1.82, 2.24) is 0 Å². The number of aryl methyl sites for hydroxylation is 1. The lowest BCUT2D eigenvalue weighted by Gasteiger charge is -2.27. The van der Waals surface area contributed by atoms with E-state index in [1.807, 2.05) is 24.3 Å². The molecule has 2 aliphatic carbocycles. The zero-order valence-electron chi connectivity index (χ0n) is 20.5. The number of rotatable bonds is 3. The van der Waals surface area contributed by atoms with E-state index in [9.17, 15) is 4.79 Å². The number of allylic oxidation sites excluding steroid dienone is 2. The van der Waals surface area contributed by atoms with Crippen molar-refractivity contribution in [3.8, 4) is 11.1 Å². The molecule has 0 radical (unpaired) electrons. The molecule has 0 amide bonds. The van der Waals surface area contributed by atoms with Crippen molar-refractivity contribution in [2.45, 2.75) is 25.2 Å². The highest BCUT2D eigenvalue weighted by Gasteiger charge is 2.57. The van der Waals surface area contributed by atoms with E-state index in [1.54, 1.807) is 0 Å². The molecular formula is C35H26O. The lowest BCUT2D eigenvalue weighted by Crippen LogP contribution is -2.31. The predicted octanol–water partition coefficient (Wildman–Crippen LogP) is 8.36. The quantitative estimate of drug-likeness (QED) is 0.263. The largest absolute Gasteiger partial charge is 0.293 e. The van der Waals surface area contributed by atoms with Crippen LogP contribution in [-0.2, 0) is 10.2 Å². The normalized spacial score (nSPS) is 20.3. The van der Waals surface area contributed by atoms with Crippen molar-refractivity contribution >= 4 is 27.7 Å². The fraction of sp³-hybridized carbons (Fsp3) is 0.114. The Kier molecular flexibility index (Phi) is 4.47. The zero-order chi connectivity index (χ0) is 24.4. The maximum atomic E-state index is 14.6. The number of carbonyl (C=O) groups excluding carboxylic acids is 1. The highest BCUT2D eigenvalue weighted by atomic mass is 16.1. The molecule has 0 unspecified atom stereocenters. The molecule has 0 bridgehead atoms. The summed E-state index contributed by atoms with van der Waals surface area (Å²) in [5.41, 5.74) is 9.67. The molecule has 0 saturated heterocycles. The van der Waals surface area contributed by atoms with Gasteiger partial charge in [-0.15, -0.1) is 0 Å². The first-order valence-corrected chi connectivity index (χ1v) is 12.6. The minimum Gasteiger partial charge on any atom is -0.293 e. The smallest absolute Gasteiger partial charge is 0.174 e. The second-order valence-electron chi connectivity index (χ2n) is 10.2. The van der Waals surface area contributed by atoms with Crippen LogP contribution in [0.1, 0.15) is 40.7 Å². The van der Waals surface area contributed by atoms with E-state index < -0.39 is 5.41 Å². The van der Waals surface area contributed by atoms with Gasteiger partial charge in [-0.2, -0.15) is 0 Å². The van der Waals surface area contributed by atoms with E-state index in [4.69, 9.17) is 0 Å². The van der Waals surface area contributed by atoms with Crippen molar-refractivity contribution in [3.05, 3.63) is 143 Å². The van der Waals surface area contributed by atoms with Gasteiger partial charge < -0.3 is 0 Å². The Hall–Kier alpha value is -4.23. The number of hydrogen-bond acceptors (Lipinski definition) is 1. The molecule has 5 aromatic carbocycles. The number of benzene rings is 5. The van der Waals surface area contributed by atoms with Gasteiger partial charge in [-0.1, -0.05) is 115 Å². The van der Waals surface area contributed by atoms with E-state index in [-0.39, 0.29) is 11.7 Å². The van der Waals surface area contributed by atoms with Crippen LogP contribution in [0.15, 0.2) is 115 Å². The first-order valence-electron chi connectivity index (χ1n) is 12.6. The second-order valence-corrected chi connectivity index (χ2v) is 10.2. The number of fused-ring (bicyclic) bond motifs is 3. The van der Waals surface area contributed by atoms with Gasteiger partial charge in [-0.25, -0.2) is 0 Å². The van der Waals surface area contributed by atoms with Crippen LogP contribution in [-0.4, -0.2) is 5.78 Å². The van der Waals surface area contributed by atoms with Crippen LogP contribution in [0.2, 0.25) is 0 Å². The number of ketones is 1. The topological polar surface area (TPSA) is 17.1 Å². The summed E-state index contributed by atoms with van der Waals surface area (Å²) in [6.07, 6.45) is 0. The average molecular weight is 463 g/mol. The van der Waals surface area contributed by atoms with Crippen LogP contribution in [0.5, 0.6) is 0 Å². The second kappa shape index (κ2) is 7.63. The molecule has 36 heavy (non-hydrogen) atoms. The van der Waals surface area contributed by atoms with Crippen molar-refractivity contribution in [2.24, 2.45) is 0 Å². The SMILES string of the molecule is Cc1cc2c3c(cccc3c1-c1ccccc1)[C@@]1(C)C(=O)C(c3ccccc3)=C(c3ccccc3)[C@@H]21. The molecule has 2 aliphatic rings. The molecule has 1 nitrogen and oxygen atoms in total. The molecule has 5 aromatic rings. The van der Waals surface area contributed by atoms with E-state index >= 15 is 0 Å². The van der Waals surface area contributed by atoms with Crippen LogP contribution < -0.4 is 0 Å². The molecule has 0 fully saturated rings. The van der Waals surface area contributed by atoms with Gasteiger partial charge in [-0.05, 0) is 69.1 Å². The molecular weight excluding hydrogens is 436 g/mol. The van der Waals surface area contributed by atoms with Gasteiger partial charge in [-0.3, -0.25) is 4.79 Å². The van der Waals surface area contributed by atoms with Gasteiger partial charge in [0.2, 0.25) is 0 Å². The minimum absolute atomic E-state index is 0.0222. The molecule has 0 heterocycles. The first kappa shape index (κ1) is 21.1. The third-order valence-corrected chi connectivity index (χ3v) is 8.30. The summed E-state index contributed by atoms with van der Waals surface area (Å²) in [6, 6.07) is 40.3. The van der Waals surface area contributed by atoms with Crippen molar-refractivity contribution in [1.29, 1.82) is 0 Å². The van der Waals surface area contributed by atoms with Crippen LogP contribution >= 0.6 is 0 Å². The van der Waals surface area contributed by atoms with E-state index in [2.05, 4.69) is 105 Å². The number of hydrogen-bond donors (Lipinski definition) is 0. The summed E-state index contributed by atoms with van der Waals surface area (Å²) in [5.74, 6) is 0.200. The Morgan fingerprint density at radius 2 is 1.25 bits per heavy atom. The van der Waals surface area contributed by atoms with Gasteiger partial charge in [0.15, 0.2) is 5.78 Å². The molecule has 172 valence electrons. The van der Waals surface area contributed by atoms with E-state index in [1.165, 1.54) is 33.0 Å². The lowest BCUT2D eigenvalue weighted by molar-refractivity contribution is -0.117. The van der Waals surface area contributed by atoms with Gasteiger partial charge in [0.05, 0.1) is 5.41 Å². The van der Waals surface area contributed by atoms with Gasteiger partial charge >= 0.3 is 0 Å². The zero-order valence-corrected chi connectivity index (χ0v) is 20.5. The Morgan fingerprint density at radius 1 is 0.667 bits per heavy atom. The Balaban J connectivity index is 1.59. The third-order valence-electron chi connectivity index (χ3n) is 8.30. The number of Topliss-reactive ketones (excluding diaryl/α,β-unsaturated/α-hetero) is 1. The average Bonchev–Trinajstić information content (AvgIpc) is 3.31. The van der Waals surface area contributed by atoms with Gasteiger partial charge in [0.1, 0.15) is 0 Å². The summed E-state index contributed by atoms with van der Waals surface area (Å²) < 4.78 is 0. The molecule has 0 N–H and O–H groups in total. The van der Waals surface area contributed by atoms with Crippen molar-refractivity contribution in [3.63, 3.8) is 0 Å². The summed E-state index contributed by atoms with van der Waals surface area (Å²) in [7, 11) is 0. The van der Waals surface area contributed by atoms with Crippen molar-refractivity contribution in [2.75, 3.05) is 0 Å². The van der Waals surface area contributed by atoms with E-state index in [0.717, 1.165) is 27.8 Å². The van der Waals surface area contributed by atoms with E-state index in [0.29, 0.717) is 0 Å². The van der Waals surface area contributed by atoms with Gasteiger partial charge in [0.25, 0.3) is 0 Å². The third kappa shape index (κ3) is 2.69. The van der Waals surface area contributed by atoms with Crippen LogP contribution in [0.4, 0.5) is 0 Å². The maximum Gasteiger partial charge on any atom is 0.174 e. The molecule has 7 rings (SSSR count). The summed E-state index contributed by atoms with van der Waals surface area (Å²) in [6.45, 7) is 4.38. The summed E-state index contributed by atoms with van der Waals surface area (Å²) >= 11 is 0. The Morgan fingerprint density at radius 3 is 1.89 bits per heavy atom. The molecule has 1 heteroatoms. The standard InChI is InChI=1S/C35H26O/c1-22-21-27-32-26(29(22)23-13-6-3-7-14-23)19-12-20-28(32)35(2)33(27)30(24-15-8-4-9-16-24)31(34(35)36)25-17-10-5-11-18-25/h3-21,33H,1-2H3/t33-,35-/m1/s1. The maximum absolute atomic E-state index is 14.6. The molecule has 2 atom stereocenters. The monoisotopic (exact) mass is 462 g/mol. The Labute approximate surface area is 211 Å². The minimum atomic E-state index is -0.639. The molecule has 0 spiro atoms. The van der Waals surface area contributed by atoms with Gasteiger partial charge in [0, 0.05) is 11.5 Å². The summed E-state index contributed by atoms with van der Waals surface area (Å²) in [5, 5.41) is 2.49. The highest BCUT2D eigenvalue weighted by Crippen LogP contribution is 2.64. The number of carbonyl (C=O) groups is 1.